The molecule has 0 aromatic heterocycles. The Labute approximate surface area is 108 Å². The predicted octanol–water partition coefficient (Wildman–Crippen LogP) is 3.60. The average Bonchev–Trinajstić information content (AvgIpc) is 2.35. The molecule has 2 heteroatoms. The third kappa shape index (κ3) is 3.11. The fourth-order valence-corrected chi connectivity index (χ4v) is 1.93. The van der Waals surface area contributed by atoms with E-state index in [4.69, 9.17) is 10.5 Å². The summed E-state index contributed by atoms with van der Waals surface area (Å²) in [6.45, 7) is 4.82. The first kappa shape index (κ1) is 12.7. The normalized spacial score (nSPS) is 10.4. The zero-order valence-corrected chi connectivity index (χ0v) is 10.9. The van der Waals surface area contributed by atoms with Crippen LogP contribution < -0.4 is 10.5 Å². The lowest BCUT2D eigenvalue weighted by Gasteiger charge is -2.09. The molecule has 0 aliphatic carbocycles. The Morgan fingerprint density at radius 2 is 1.72 bits per heavy atom. The van der Waals surface area contributed by atoms with Crippen molar-refractivity contribution in [3.63, 3.8) is 0 Å². The van der Waals surface area contributed by atoms with Crippen molar-refractivity contribution in [3.05, 3.63) is 59.2 Å². The van der Waals surface area contributed by atoms with Crippen molar-refractivity contribution in [2.75, 3.05) is 6.54 Å². The van der Waals surface area contributed by atoms with Crippen molar-refractivity contribution in [1.82, 2.24) is 0 Å². The van der Waals surface area contributed by atoms with Gasteiger partial charge in [-0.15, -0.1) is 0 Å². The quantitative estimate of drug-likeness (QED) is 0.887. The molecular weight excluding hydrogens is 222 g/mol. The molecule has 0 heterocycles. The van der Waals surface area contributed by atoms with Crippen molar-refractivity contribution in [1.29, 1.82) is 0 Å². The first-order valence-electron chi connectivity index (χ1n) is 6.23. The van der Waals surface area contributed by atoms with Gasteiger partial charge in [0.15, 0.2) is 0 Å². The smallest absolute Gasteiger partial charge is 0.130 e. The predicted molar refractivity (Wildman–Crippen MR) is 75.2 cm³/mol. The van der Waals surface area contributed by atoms with Crippen LogP contribution in [0.1, 0.15) is 16.7 Å². The monoisotopic (exact) mass is 241 g/mol. The van der Waals surface area contributed by atoms with E-state index in [0.717, 1.165) is 23.5 Å². The van der Waals surface area contributed by atoms with Gasteiger partial charge < -0.3 is 10.5 Å². The van der Waals surface area contributed by atoms with E-state index in [1.807, 2.05) is 18.2 Å². The molecule has 0 radical (unpaired) electrons. The molecule has 2 rings (SSSR count). The number of benzene rings is 2. The SMILES string of the molecule is Cc1ccc(Oc2ccc(CCN)cc2)c(C)c1. The lowest BCUT2D eigenvalue weighted by molar-refractivity contribution is 0.478. The van der Waals surface area contributed by atoms with Crippen LogP contribution in [0.3, 0.4) is 0 Å². The van der Waals surface area contributed by atoms with Gasteiger partial charge in [0, 0.05) is 0 Å². The maximum Gasteiger partial charge on any atom is 0.130 e. The van der Waals surface area contributed by atoms with E-state index in [-0.39, 0.29) is 0 Å². The summed E-state index contributed by atoms with van der Waals surface area (Å²) in [7, 11) is 0. The Hall–Kier alpha value is -1.80. The minimum absolute atomic E-state index is 0.678. The molecule has 0 aliphatic heterocycles. The number of hydrogen-bond donors (Lipinski definition) is 1. The number of rotatable bonds is 4. The lowest BCUT2D eigenvalue weighted by atomic mass is 10.1. The standard InChI is InChI=1S/C16H19NO/c1-12-3-8-16(13(2)11-12)18-15-6-4-14(5-7-15)9-10-17/h3-8,11H,9-10,17H2,1-2H3. The van der Waals surface area contributed by atoms with Gasteiger partial charge >= 0.3 is 0 Å². The number of nitrogens with two attached hydrogens (primary N) is 1. The Bertz CT molecular complexity index is 517. The highest BCUT2D eigenvalue weighted by Crippen LogP contribution is 2.25. The second-order valence-electron chi connectivity index (χ2n) is 4.55. The van der Waals surface area contributed by atoms with Gasteiger partial charge in [0.25, 0.3) is 0 Å². The van der Waals surface area contributed by atoms with Gasteiger partial charge in [0.2, 0.25) is 0 Å². The van der Waals surface area contributed by atoms with Gasteiger partial charge in [-0.3, -0.25) is 0 Å². The van der Waals surface area contributed by atoms with E-state index in [1.54, 1.807) is 0 Å². The summed E-state index contributed by atoms with van der Waals surface area (Å²) in [6.07, 6.45) is 0.907. The summed E-state index contributed by atoms with van der Waals surface area (Å²) in [5.74, 6) is 1.77. The second-order valence-corrected chi connectivity index (χ2v) is 4.55. The first-order valence-corrected chi connectivity index (χ1v) is 6.23. The summed E-state index contributed by atoms with van der Waals surface area (Å²) < 4.78 is 5.87. The van der Waals surface area contributed by atoms with Crippen LogP contribution in [-0.2, 0) is 6.42 Å². The minimum atomic E-state index is 0.678. The van der Waals surface area contributed by atoms with Crippen molar-refractivity contribution in [2.24, 2.45) is 5.73 Å². The summed E-state index contributed by atoms with van der Waals surface area (Å²) in [4.78, 5) is 0. The molecule has 0 amide bonds. The van der Waals surface area contributed by atoms with Crippen LogP contribution in [0.25, 0.3) is 0 Å². The average molecular weight is 241 g/mol. The summed E-state index contributed by atoms with van der Waals surface area (Å²) in [6, 6.07) is 14.3. The van der Waals surface area contributed by atoms with Gasteiger partial charge in [-0.05, 0) is 56.1 Å². The highest BCUT2D eigenvalue weighted by atomic mass is 16.5. The van der Waals surface area contributed by atoms with Crippen molar-refractivity contribution in [3.8, 4) is 11.5 Å². The van der Waals surface area contributed by atoms with E-state index in [0.29, 0.717) is 6.54 Å². The van der Waals surface area contributed by atoms with E-state index in [9.17, 15) is 0 Å². The van der Waals surface area contributed by atoms with Crippen LogP contribution >= 0.6 is 0 Å². The molecule has 0 unspecified atom stereocenters. The third-order valence-electron chi connectivity index (χ3n) is 2.91. The van der Waals surface area contributed by atoms with Crippen LogP contribution in [0.15, 0.2) is 42.5 Å². The van der Waals surface area contributed by atoms with Gasteiger partial charge in [-0.1, -0.05) is 29.8 Å². The fourth-order valence-electron chi connectivity index (χ4n) is 1.93. The van der Waals surface area contributed by atoms with Crippen LogP contribution in [-0.4, -0.2) is 6.54 Å². The molecule has 2 nitrogen and oxygen atoms in total. The highest BCUT2D eigenvalue weighted by Gasteiger charge is 2.01. The number of ether oxygens (including phenoxy) is 1. The Balaban J connectivity index is 2.13. The largest absolute Gasteiger partial charge is 0.457 e. The highest BCUT2D eigenvalue weighted by molar-refractivity contribution is 5.39. The Morgan fingerprint density at radius 1 is 1.00 bits per heavy atom. The zero-order chi connectivity index (χ0) is 13.0. The van der Waals surface area contributed by atoms with Gasteiger partial charge in [0.05, 0.1) is 0 Å². The molecule has 0 saturated carbocycles. The molecule has 0 atom stereocenters. The van der Waals surface area contributed by atoms with Crippen LogP contribution in [0.4, 0.5) is 0 Å². The molecule has 18 heavy (non-hydrogen) atoms. The number of aryl methyl sites for hydroxylation is 2. The summed E-state index contributed by atoms with van der Waals surface area (Å²) in [5.41, 5.74) is 9.17. The Morgan fingerprint density at radius 3 is 2.33 bits per heavy atom. The van der Waals surface area contributed by atoms with E-state index in [2.05, 4.69) is 38.1 Å². The minimum Gasteiger partial charge on any atom is -0.457 e. The molecule has 0 spiro atoms. The molecule has 2 N–H and O–H groups in total. The topological polar surface area (TPSA) is 35.2 Å². The molecule has 2 aromatic rings. The molecule has 0 aliphatic rings. The van der Waals surface area contributed by atoms with E-state index >= 15 is 0 Å². The van der Waals surface area contributed by atoms with Gasteiger partial charge in [-0.2, -0.15) is 0 Å². The van der Waals surface area contributed by atoms with Crippen molar-refractivity contribution < 1.29 is 4.74 Å². The molecule has 2 aromatic carbocycles. The van der Waals surface area contributed by atoms with Crippen molar-refractivity contribution in [2.45, 2.75) is 20.3 Å². The second kappa shape index (κ2) is 5.69. The summed E-state index contributed by atoms with van der Waals surface area (Å²) >= 11 is 0. The van der Waals surface area contributed by atoms with Gasteiger partial charge in [0.1, 0.15) is 11.5 Å². The first-order chi connectivity index (χ1) is 8.69. The maximum atomic E-state index is 5.87. The zero-order valence-electron chi connectivity index (χ0n) is 10.9. The lowest BCUT2D eigenvalue weighted by Crippen LogP contribution is -2.02. The van der Waals surface area contributed by atoms with E-state index in [1.165, 1.54) is 11.1 Å². The molecular formula is C16H19NO. The number of hydrogen-bond acceptors (Lipinski definition) is 2. The molecule has 0 fully saturated rings. The molecule has 0 saturated heterocycles. The van der Waals surface area contributed by atoms with E-state index < -0.39 is 0 Å². The van der Waals surface area contributed by atoms with Crippen LogP contribution in [0.2, 0.25) is 0 Å². The summed E-state index contributed by atoms with van der Waals surface area (Å²) in [5, 5.41) is 0. The van der Waals surface area contributed by atoms with Crippen LogP contribution in [0.5, 0.6) is 11.5 Å². The maximum absolute atomic E-state index is 5.87. The van der Waals surface area contributed by atoms with Gasteiger partial charge in [-0.25, -0.2) is 0 Å². The van der Waals surface area contributed by atoms with Crippen LogP contribution in [0, 0.1) is 13.8 Å². The molecule has 94 valence electrons. The third-order valence-corrected chi connectivity index (χ3v) is 2.91. The molecule has 0 bridgehead atoms. The fraction of sp³-hybridized carbons (Fsp3) is 0.250. The Kier molecular flexibility index (Phi) is 4.00. The van der Waals surface area contributed by atoms with Crippen molar-refractivity contribution >= 4 is 0 Å².